The van der Waals surface area contributed by atoms with Gasteiger partial charge in [-0.3, -0.25) is 14.3 Å². The van der Waals surface area contributed by atoms with E-state index >= 15 is 0 Å². The van der Waals surface area contributed by atoms with E-state index in [9.17, 15) is 9.59 Å². The quantitative estimate of drug-likeness (QED) is 0.665. The molecule has 2 aliphatic rings. The molecule has 1 saturated carbocycles. The van der Waals surface area contributed by atoms with Gasteiger partial charge in [-0.2, -0.15) is 5.10 Å². The van der Waals surface area contributed by atoms with Gasteiger partial charge in [-0.15, -0.1) is 0 Å². The fraction of sp³-hybridized carbons (Fsp3) is 0.607. The summed E-state index contributed by atoms with van der Waals surface area (Å²) in [6.07, 6.45) is 7.95. The van der Waals surface area contributed by atoms with Crippen molar-refractivity contribution in [3.8, 4) is 5.75 Å². The fourth-order valence-corrected chi connectivity index (χ4v) is 5.20. The molecular formula is C28H40N4O3. The van der Waals surface area contributed by atoms with Gasteiger partial charge in [0, 0.05) is 17.0 Å². The van der Waals surface area contributed by atoms with E-state index in [0.717, 1.165) is 36.9 Å². The number of carbonyl (C=O) groups is 2. The van der Waals surface area contributed by atoms with Crippen LogP contribution in [-0.4, -0.2) is 45.2 Å². The minimum Gasteiger partial charge on any atom is -0.496 e. The summed E-state index contributed by atoms with van der Waals surface area (Å²) in [6.45, 7) is 8.72. The number of fused-ring (bicyclic) bond motifs is 1. The van der Waals surface area contributed by atoms with Gasteiger partial charge in [-0.25, -0.2) is 0 Å². The van der Waals surface area contributed by atoms with Crippen molar-refractivity contribution < 1.29 is 14.3 Å². The molecule has 1 N–H and O–H groups in total. The number of nitrogens with zero attached hydrogens (tertiary/aromatic N) is 3. The Balaban J connectivity index is 1.70. The molecule has 7 heteroatoms. The molecule has 2 heterocycles. The highest BCUT2D eigenvalue weighted by atomic mass is 16.5. The molecule has 0 spiro atoms. The van der Waals surface area contributed by atoms with Crippen LogP contribution in [0.4, 0.5) is 0 Å². The van der Waals surface area contributed by atoms with Crippen molar-refractivity contribution in [2.75, 3.05) is 7.11 Å². The number of hydrogen-bond acceptors (Lipinski definition) is 4. The third kappa shape index (κ3) is 5.24. The van der Waals surface area contributed by atoms with E-state index < -0.39 is 5.54 Å². The van der Waals surface area contributed by atoms with E-state index in [2.05, 4.69) is 26.1 Å². The number of rotatable bonds is 5. The van der Waals surface area contributed by atoms with E-state index in [1.165, 1.54) is 19.3 Å². The maximum atomic E-state index is 13.9. The summed E-state index contributed by atoms with van der Waals surface area (Å²) in [7, 11) is 1.63. The Bertz CT molecular complexity index is 1060. The average molecular weight is 481 g/mol. The van der Waals surface area contributed by atoms with E-state index in [1.807, 2.05) is 37.3 Å². The number of aromatic nitrogens is 2. The summed E-state index contributed by atoms with van der Waals surface area (Å²) in [6, 6.07) is 9.70. The van der Waals surface area contributed by atoms with Crippen LogP contribution >= 0.6 is 0 Å². The Kier molecular flexibility index (Phi) is 7.25. The number of benzene rings is 1. The van der Waals surface area contributed by atoms with Crippen molar-refractivity contribution in [3.05, 3.63) is 47.3 Å². The lowest BCUT2D eigenvalue weighted by molar-refractivity contribution is -0.134. The van der Waals surface area contributed by atoms with Gasteiger partial charge in [0.15, 0.2) is 0 Å². The first kappa shape index (κ1) is 25.3. The number of ether oxygens (including phenoxy) is 1. The van der Waals surface area contributed by atoms with Gasteiger partial charge >= 0.3 is 0 Å². The predicted octanol–water partition coefficient (Wildman–Crippen LogP) is 4.83. The lowest BCUT2D eigenvalue weighted by atomic mass is 9.91. The minimum absolute atomic E-state index is 0.107. The SMILES string of the molecule is COc1ccccc1CN1C(=O)c2cc(C(C)(C)C)nn2C[C@@]1(C)C(=O)NC1CCCCCCC1. The van der Waals surface area contributed by atoms with Crippen LogP contribution in [0.1, 0.15) is 94.4 Å². The van der Waals surface area contributed by atoms with Crippen molar-refractivity contribution in [1.82, 2.24) is 20.0 Å². The zero-order chi connectivity index (χ0) is 25.2. The molecule has 0 radical (unpaired) electrons. The minimum atomic E-state index is -1.07. The predicted molar refractivity (Wildman–Crippen MR) is 136 cm³/mol. The number of hydrogen-bond donors (Lipinski definition) is 1. The van der Waals surface area contributed by atoms with Gasteiger partial charge in [-0.05, 0) is 31.9 Å². The standard InChI is InChI=1S/C28H40N4O3/c1-27(2,3)24-17-22-25(33)31(18-20-13-11-12-16-23(20)35-5)28(4,19-32(22)30-24)26(34)29-21-14-9-7-6-8-10-15-21/h11-13,16-17,21H,6-10,14-15,18-19H2,1-5H3,(H,29,34)/t28-/m0/s1. The fourth-order valence-electron chi connectivity index (χ4n) is 5.20. The van der Waals surface area contributed by atoms with Gasteiger partial charge in [-0.1, -0.05) is 71.1 Å². The van der Waals surface area contributed by atoms with E-state index in [0.29, 0.717) is 18.0 Å². The number of carbonyl (C=O) groups excluding carboxylic acids is 2. The van der Waals surface area contributed by atoms with Crippen LogP contribution in [0.15, 0.2) is 30.3 Å². The van der Waals surface area contributed by atoms with Crippen molar-refractivity contribution in [3.63, 3.8) is 0 Å². The van der Waals surface area contributed by atoms with Gasteiger partial charge in [0.05, 0.1) is 25.9 Å². The topological polar surface area (TPSA) is 76.5 Å². The smallest absolute Gasteiger partial charge is 0.273 e. The van der Waals surface area contributed by atoms with Crippen LogP contribution in [0.5, 0.6) is 5.75 Å². The molecule has 190 valence electrons. The first-order valence-electron chi connectivity index (χ1n) is 13.0. The molecule has 35 heavy (non-hydrogen) atoms. The van der Waals surface area contributed by atoms with Crippen LogP contribution in [0, 0.1) is 0 Å². The highest BCUT2D eigenvalue weighted by Crippen LogP contribution is 2.33. The number of methoxy groups -OCH3 is 1. The largest absolute Gasteiger partial charge is 0.496 e. The third-order valence-electron chi connectivity index (χ3n) is 7.52. The molecule has 1 aromatic heterocycles. The Morgan fingerprint density at radius 2 is 1.80 bits per heavy atom. The summed E-state index contributed by atoms with van der Waals surface area (Å²) >= 11 is 0. The van der Waals surface area contributed by atoms with Gasteiger partial charge < -0.3 is 15.0 Å². The monoisotopic (exact) mass is 480 g/mol. The normalized spacial score (nSPS) is 21.7. The number of para-hydroxylation sites is 1. The Morgan fingerprint density at radius 3 is 2.46 bits per heavy atom. The summed E-state index contributed by atoms with van der Waals surface area (Å²) in [5.41, 5.74) is 0.977. The average Bonchev–Trinajstić information content (AvgIpc) is 3.23. The van der Waals surface area contributed by atoms with E-state index in [1.54, 1.807) is 16.7 Å². The van der Waals surface area contributed by atoms with Crippen molar-refractivity contribution in [2.45, 2.75) is 103 Å². The third-order valence-corrected chi connectivity index (χ3v) is 7.52. The Morgan fingerprint density at radius 1 is 1.14 bits per heavy atom. The van der Waals surface area contributed by atoms with Crippen LogP contribution in [0.2, 0.25) is 0 Å². The molecule has 1 aromatic carbocycles. The van der Waals surface area contributed by atoms with Gasteiger partial charge in [0.25, 0.3) is 5.91 Å². The lowest BCUT2D eigenvalue weighted by Gasteiger charge is -2.44. The highest BCUT2D eigenvalue weighted by Gasteiger charge is 2.49. The van der Waals surface area contributed by atoms with E-state index in [4.69, 9.17) is 9.84 Å². The lowest BCUT2D eigenvalue weighted by Crippen LogP contribution is -2.64. The molecule has 7 nitrogen and oxygen atoms in total. The van der Waals surface area contributed by atoms with Crippen LogP contribution in [0.25, 0.3) is 0 Å². The molecule has 0 unspecified atom stereocenters. The number of nitrogens with one attached hydrogen (secondary N) is 1. The molecule has 1 aliphatic carbocycles. The second-order valence-corrected chi connectivity index (χ2v) is 11.3. The molecule has 2 amide bonds. The summed E-state index contributed by atoms with van der Waals surface area (Å²) in [5.74, 6) is 0.419. The second-order valence-electron chi connectivity index (χ2n) is 11.3. The zero-order valence-corrected chi connectivity index (χ0v) is 21.9. The molecular weight excluding hydrogens is 440 g/mol. The van der Waals surface area contributed by atoms with Crippen LogP contribution < -0.4 is 10.1 Å². The summed E-state index contributed by atoms with van der Waals surface area (Å²) in [4.78, 5) is 29.6. The van der Waals surface area contributed by atoms with E-state index in [-0.39, 0.29) is 29.8 Å². The van der Waals surface area contributed by atoms with Crippen LogP contribution in [-0.2, 0) is 23.3 Å². The molecule has 1 aliphatic heterocycles. The van der Waals surface area contributed by atoms with Crippen molar-refractivity contribution in [2.24, 2.45) is 0 Å². The Labute approximate surface area is 209 Å². The van der Waals surface area contributed by atoms with Gasteiger partial charge in [0.1, 0.15) is 17.0 Å². The maximum absolute atomic E-state index is 13.9. The molecule has 2 aromatic rings. The first-order valence-corrected chi connectivity index (χ1v) is 13.0. The molecule has 0 saturated heterocycles. The summed E-state index contributed by atoms with van der Waals surface area (Å²) < 4.78 is 7.30. The molecule has 1 fully saturated rings. The van der Waals surface area contributed by atoms with Crippen molar-refractivity contribution >= 4 is 11.8 Å². The van der Waals surface area contributed by atoms with Gasteiger partial charge in [0.2, 0.25) is 5.91 Å². The summed E-state index contributed by atoms with van der Waals surface area (Å²) in [5, 5.41) is 8.09. The maximum Gasteiger partial charge on any atom is 0.273 e. The highest BCUT2D eigenvalue weighted by molar-refractivity contribution is 5.99. The van der Waals surface area contributed by atoms with Crippen molar-refractivity contribution in [1.29, 1.82) is 0 Å². The first-order chi connectivity index (χ1) is 16.6. The Hall–Kier alpha value is -2.83. The molecule has 0 bridgehead atoms. The van der Waals surface area contributed by atoms with Crippen LogP contribution in [0.3, 0.4) is 0 Å². The zero-order valence-electron chi connectivity index (χ0n) is 21.9. The molecule has 1 atom stereocenters. The number of amides is 2. The second kappa shape index (κ2) is 10.0. The molecule has 4 rings (SSSR count).